The maximum absolute atomic E-state index is 14.9. The van der Waals surface area contributed by atoms with Crippen molar-refractivity contribution in [1.29, 1.82) is 5.26 Å². The fourth-order valence-electron chi connectivity index (χ4n) is 5.73. The number of morpholine rings is 1. The van der Waals surface area contributed by atoms with Gasteiger partial charge in [0.05, 0.1) is 30.9 Å². The van der Waals surface area contributed by atoms with E-state index in [2.05, 4.69) is 33.6 Å². The van der Waals surface area contributed by atoms with E-state index in [1.54, 1.807) is 12.1 Å². The average molecular weight is 428 g/mol. The van der Waals surface area contributed by atoms with Gasteiger partial charge in [-0.15, -0.1) is 0 Å². The third-order valence-corrected chi connectivity index (χ3v) is 7.52. The fourth-order valence-corrected chi connectivity index (χ4v) is 5.73. The van der Waals surface area contributed by atoms with E-state index in [1.807, 2.05) is 6.07 Å². The van der Waals surface area contributed by atoms with Crippen molar-refractivity contribution in [1.82, 2.24) is 15.5 Å². The van der Waals surface area contributed by atoms with Gasteiger partial charge < -0.3 is 20.3 Å². The highest BCUT2D eigenvalue weighted by molar-refractivity contribution is 5.83. The third-order valence-electron chi connectivity index (χ3n) is 7.52. The first-order valence-corrected chi connectivity index (χ1v) is 11.3. The van der Waals surface area contributed by atoms with Gasteiger partial charge in [-0.05, 0) is 49.9 Å². The molecule has 166 valence electrons. The molecule has 3 heterocycles. The number of fused-ring (bicyclic) bond motifs is 3. The monoisotopic (exact) mass is 427 g/mol. The Bertz CT molecular complexity index is 889. The Morgan fingerprint density at radius 2 is 2.29 bits per heavy atom. The summed E-state index contributed by atoms with van der Waals surface area (Å²) < 4.78 is 20.8. The van der Waals surface area contributed by atoms with Crippen molar-refractivity contribution in [3.63, 3.8) is 0 Å². The highest BCUT2D eigenvalue weighted by atomic mass is 19.1. The lowest BCUT2D eigenvalue weighted by molar-refractivity contribution is -0.124. The Morgan fingerprint density at radius 1 is 1.42 bits per heavy atom. The normalized spacial score (nSPS) is 33.2. The summed E-state index contributed by atoms with van der Waals surface area (Å²) in [5, 5.41) is 15.7. The summed E-state index contributed by atoms with van der Waals surface area (Å²) >= 11 is 0. The van der Waals surface area contributed by atoms with Gasteiger partial charge in [0.25, 0.3) is 0 Å². The smallest absolute Gasteiger partial charge is 0.238 e. The van der Waals surface area contributed by atoms with Gasteiger partial charge in [-0.25, -0.2) is 4.39 Å². The molecule has 5 rings (SSSR count). The first kappa shape index (κ1) is 20.7. The van der Waals surface area contributed by atoms with Crippen LogP contribution in [0.4, 0.5) is 10.1 Å². The topological polar surface area (TPSA) is 80.6 Å². The van der Waals surface area contributed by atoms with Crippen LogP contribution >= 0.6 is 0 Å². The Hall–Kier alpha value is -2.21. The van der Waals surface area contributed by atoms with Crippen LogP contribution < -0.4 is 15.5 Å². The first-order valence-electron chi connectivity index (χ1n) is 11.3. The minimum absolute atomic E-state index is 0.139. The molecule has 6 atom stereocenters. The van der Waals surface area contributed by atoms with Crippen LogP contribution in [-0.4, -0.2) is 74.4 Å². The van der Waals surface area contributed by atoms with E-state index in [-0.39, 0.29) is 30.3 Å². The molecule has 0 radical (unpaired) electrons. The molecule has 1 amide bonds. The van der Waals surface area contributed by atoms with Crippen LogP contribution in [0.15, 0.2) is 18.2 Å². The van der Waals surface area contributed by atoms with Crippen LogP contribution in [0.3, 0.4) is 0 Å². The summed E-state index contributed by atoms with van der Waals surface area (Å²) in [6, 6.07) is 7.10. The molecule has 3 aliphatic heterocycles. The molecule has 3 saturated heterocycles. The molecule has 31 heavy (non-hydrogen) atoms. The van der Waals surface area contributed by atoms with Gasteiger partial charge in [0.2, 0.25) is 5.91 Å². The number of likely N-dealkylation sites (N-methyl/N-ethyl adjacent to an activating group) is 1. The van der Waals surface area contributed by atoms with Gasteiger partial charge in [0, 0.05) is 37.8 Å². The van der Waals surface area contributed by atoms with Crippen LogP contribution in [0.25, 0.3) is 0 Å². The number of carbonyl (C=O) groups excluding carboxylic acids is 1. The molecule has 0 aromatic heterocycles. The number of hydrogen-bond acceptors (Lipinski definition) is 6. The SMILES string of the molecule is CN1CCO[C@@H]2CN(c3ccc(C[C@@H](C#N)NC(=O)C4NC5CCC4C5)c(F)c3)CC21. The molecule has 1 aromatic carbocycles. The number of carbonyl (C=O) groups is 1. The molecule has 4 unspecified atom stereocenters. The number of benzene rings is 1. The Morgan fingerprint density at radius 3 is 2.97 bits per heavy atom. The summed E-state index contributed by atoms with van der Waals surface area (Å²) in [5.41, 5.74) is 1.28. The number of nitrogens with one attached hydrogen (secondary N) is 2. The van der Waals surface area contributed by atoms with Crippen LogP contribution in [-0.2, 0) is 16.0 Å². The van der Waals surface area contributed by atoms with Crippen molar-refractivity contribution in [3.8, 4) is 6.07 Å². The second-order valence-corrected chi connectivity index (χ2v) is 9.45. The number of ether oxygens (including phenoxy) is 1. The van der Waals surface area contributed by atoms with E-state index in [9.17, 15) is 14.4 Å². The van der Waals surface area contributed by atoms with E-state index in [0.717, 1.165) is 51.2 Å². The van der Waals surface area contributed by atoms with E-state index in [0.29, 0.717) is 23.6 Å². The van der Waals surface area contributed by atoms with Crippen molar-refractivity contribution in [2.45, 2.75) is 56.0 Å². The van der Waals surface area contributed by atoms with Gasteiger partial charge in [0.1, 0.15) is 11.9 Å². The quantitative estimate of drug-likeness (QED) is 0.731. The van der Waals surface area contributed by atoms with E-state index in [4.69, 9.17) is 4.74 Å². The zero-order valence-corrected chi connectivity index (χ0v) is 17.9. The number of anilines is 1. The predicted molar refractivity (Wildman–Crippen MR) is 114 cm³/mol. The van der Waals surface area contributed by atoms with Gasteiger partial charge in [-0.2, -0.15) is 5.26 Å². The van der Waals surface area contributed by atoms with Crippen LogP contribution in [0.1, 0.15) is 24.8 Å². The largest absolute Gasteiger partial charge is 0.373 e. The Kier molecular flexibility index (Phi) is 5.59. The zero-order valence-electron chi connectivity index (χ0n) is 17.9. The van der Waals surface area contributed by atoms with Gasteiger partial charge in [-0.3, -0.25) is 9.69 Å². The van der Waals surface area contributed by atoms with Crippen molar-refractivity contribution in [2.24, 2.45) is 5.92 Å². The third kappa shape index (κ3) is 4.02. The predicted octanol–water partition coefficient (Wildman–Crippen LogP) is 1.04. The lowest BCUT2D eigenvalue weighted by Crippen LogP contribution is -2.50. The fraction of sp³-hybridized carbons (Fsp3) is 0.652. The van der Waals surface area contributed by atoms with E-state index < -0.39 is 6.04 Å². The molecule has 2 bridgehead atoms. The van der Waals surface area contributed by atoms with Gasteiger partial charge >= 0.3 is 0 Å². The van der Waals surface area contributed by atoms with Crippen LogP contribution in [0.5, 0.6) is 0 Å². The molecular formula is C23H30FN5O2. The average Bonchev–Trinajstić information content (AvgIpc) is 3.50. The van der Waals surface area contributed by atoms with Crippen molar-refractivity contribution in [2.75, 3.05) is 38.2 Å². The number of halogens is 1. The van der Waals surface area contributed by atoms with E-state index >= 15 is 0 Å². The maximum Gasteiger partial charge on any atom is 0.238 e. The molecule has 8 heteroatoms. The highest BCUT2D eigenvalue weighted by Gasteiger charge is 2.43. The summed E-state index contributed by atoms with van der Waals surface area (Å²) in [6.07, 6.45) is 3.52. The zero-order chi connectivity index (χ0) is 21.5. The molecule has 4 fully saturated rings. The van der Waals surface area contributed by atoms with Crippen molar-refractivity contribution < 1.29 is 13.9 Å². The minimum Gasteiger partial charge on any atom is -0.373 e. The number of rotatable bonds is 5. The molecule has 1 saturated carbocycles. The molecule has 1 aliphatic carbocycles. The summed E-state index contributed by atoms with van der Waals surface area (Å²) in [6.45, 7) is 3.22. The lowest BCUT2D eigenvalue weighted by atomic mass is 9.98. The summed E-state index contributed by atoms with van der Waals surface area (Å²) in [7, 11) is 2.11. The second kappa shape index (κ2) is 8.38. The molecular weight excluding hydrogens is 397 g/mol. The lowest BCUT2D eigenvalue weighted by Gasteiger charge is -2.33. The Balaban J connectivity index is 1.21. The van der Waals surface area contributed by atoms with Gasteiger partial charge in [0.15, 0.2) is 0 Å². The number of nitriles is 1. The highest BCUT2D eigenvalue weighted by Crippen LogP contribution is 2.35. The van der Waals surface area contributed by atoms with Crippen LogP contribution in [0.2, 0.25) is 0 Å². The summed E-state index contributed by atoms with van der Waals surface area (Å²) in [5.74, 6) is -0.124. The molecule has 7 nitrogen and oxygen atoms in total. The second-order valence-electron chi connectivity index (χ2n) is 9.45. The van der Waals surface area contributed by atoms with Crippen molar-refractivity contribution >= 4 is 11.6 Å². The van der Waals surface area contributed by atoms with E-state index in [1.165, 1.54) is 0 Å². The maximum atomic E-state index is 14.9. The molecule has 2 N–H and O–H groups in total. The number of piperidine rings is 1. The van der Waals surface area contributed by atoms with Gasteiger partial charge in [-0.1, -0.05) is 6.07 Å². The van der Waals surface area contributed by atoms with Crippen LogP contribution in [0, 0.1) is 23.1 Å². The number of amides is 1. The minimum atomic E-state index is -0.745. The number of nitrogens with zero attached hydrogens (tertiary/aromatic N) is 3. The van der Waals surface area contributed by atoms with Crippen molar-refractivity contribution in [3.05, 3.63) is 29.6 Å². The number of hydrogen-bond donors (Lipinski definition) is 2. The molecule has 4 aliphatic rings. The molecule has 0 spiro atoms. The summed E-state index contributed by atoms with van der Waals surface area (Å²) in [4.78, 5) is 17.1. The molecule has 1 aromatic rings. The Labute approximate surface area is 182 Å². The first-order chi connectivity index (χ1) is 15.0. The standard InChI is InChI=1S/C23H30FN5O2/c1-28-6-7-31-21-13-29(12-20(21)28)18-5-3-14(19(24)10-18)8-17(11-25)27-23(30)22-15-2-4-16(9-15)26-22/h3,5,10,15-17,20-22,26H,2,4,6-9,12-13H2,1H3,(H,27,30)/t15?,16?,17-,20?,21+,22?/m0/s1.